The Morgan fingerprint density at radius 1 is 1.44 bits per heavy atom. The predicted molar refractivity (Wildman–Crippen MR) is 77.4 cm³/mol. The van der Waals surface area contributed by atoms with E-state index in [1.807, 2.05) is 13.0 Å². The van der Waals surface area contributed by atoms with Crippen molar-refractivity contribution in [1.82, 2.24) is 4.90 Å². The van der Waals surface area contributed by atoms with Crippen LogP contribution in [0.25, 0.3) is 0 Å². The van der Waals surface area contributed by atoms with Crippen LogP contribution in [0.3, 0.4) is 0 Å². The van der Waals surface area contributed by atoms with Gasteiger partial charge in [-0.05, 0) is 44.3 Å². The SMILES string of the molecule is COc1ccc(CN(C)CCC(C)O)cc1SC. The van der Waals surface area contributed by atoms with Crippen LogP contribution in [0, 0.1) is 0 Å². The minimum atomic E-state index is -0.231. The molecular formula is C14H23NO2S. The van der Waals surface area contributed by atoms with Crippen LogP contribution in [-0.2, 0) is 6.54 Å². The average Bonchev–Trinajstić information content (AvgIpc) is 2.36. The Bertz CT molecular complexity index is 369. The molecule has 18 heavy (non-hydrogen) atoms. The van der Waals surface area contributed by atoms with Crippen molar-refractivity contribution >= 4 is 11.8 Å². The molecule has 1 atom stereocenters. The first kappa shape index (κ1) is 15.3. The van der Waals surface area contributed by atoms with Crippen molar-refractivity contribution in [1.29, 1.82) is 0 Å². The number of methoxy groups -OCH3 is 1. The van der Waals surface area contributed by atoms with Crippen molar-refractivity contribution in [2.75, 3.05) is 27.0 Å². The zero-order valence-electron chi connectivity index (χ0n) is 11.6. The maximum atomic E-state index is 9.27. The maximum Gasteiger partial charge on any atom is 0.132 e. The molecule has 1 rings (SSSR count). The van der Waals surface area contributed by atoms with Crippen LogP contribution in [0.4, 0.5) is 0 Å². The highest BCUT2D eigenvalue weighted by atomic mass is 32.2. The summed E-state index contributed by atoms with van der Waals surface area (Å²) in [6.45, 7) is 3.62. The molecule has 1 N–H and O–H groups in total. The third kappa shape index (κ3) is 4.88. The number of hydrogen-bond donors (Lipinski definition) is 1. The quantitative estimate of drug-likeness (QED) is 0.771. The molecule has 0 saturated carbocycles. The van der Waals surface area contributed by atoms with Gasteiger partial charge >= 0.3 is 0 Å². The van der Waals surface area contributed by atoms with Gasteiger partial charge in [-0.2, -0.15) is 0 Å². The molecule has 1 aromatic carbocycles. The fourth-order valence-electron chi connectivity index (χ4n) is 1.78. The Morgan fingerprint density at radius 2 is 2.17 bits per heavy atom. The molecule has 0 amide bonds. The number of aliphatic hydroxyl groups is 1. The summed E-state index contributed by atoms with van der Waals surface area (Å²) in [5, 5.41) is 9.27. The highest BCUT2D eigenvalue weighted by Crippen LogP contribution is 2.28. The Labute approximate surface area is 114 Å². The molecule has 0 spiro atoms. The van der Waals surface area contributed by atoms with Gasteiger partial charge in [0.2, 0.25) is 0 Å². The van der Waals surface area contributed by atoms with E-state index >= 15 is 0 Å². The zero-order chi connectivity index (χ0) is 13.5. The Balaban J connectivity index is 2.61. The molecule has 0 aromatic heterocycles. The molecule has 0 radical (unpaired) electrons. The molecule has 4 heteroatoms. The lowest BCUT2D eigenvalue weighted by molar-refractivity contribution is 0.163. The molecular weight excluding hydrogens is 246 g/mol. The van der Waals surface area contributed by atoms with E-state index in [2.05, 4.69) is 30.3 Å². The third-order valence-electron chi connectivity index (χ3n) is 2.83. The van der Waals surface area contributed by atoms with Crippen LogP contribution in [0.1, 0.15) is 18.9 Å². The standard InChI is InChI=1S/C14H23NO2S/c1-11(16)7-8-15(2)10-12-5-6-13(17-3)14(9-12)18-4/h5-6,9,11,16H,7-8,10H2,1-4H3. The van der Waals surface area contributed by atoms with Crippen LogP contribution in [0.2, 0.25) is 0 Å². The maximum absolute atomic E-state index is 9.27. The third-order valence-corrected chi connectivity index (χ3v) is 3.59. The van der Waals surface area contributed by atoms with E-state index in [9.17, 15) is 5.11 Å². The average molecular weight is 269 g/mol. The Hall–Kier alpha value is -0.710. The summed E-state index contributed by atoms with van der Waals surface area (Å²) < 4.78 is 5.31. The highest BCUT2D eigenvalue weighted by Gasteiger charge is 2.06. The van der Waals surface area contributed by atoms with Gasteiger partial charge in [0, 0.05) is 18.0 Å². The molecule has 0 aliphatic heterocycles. The number of nitrogens with zero attached hydrogens (tertiary/aromatic N) is 1. The normalized spacial score (nSPS) is 12.8. The molecule has 0 aliphatic carbocycles. The first-order valence-electron chi connectivity index (χ1n) is 6.14. The van der Waals surface area contributed by atoms with Crippen LogP contribution in [-0.4, -0.2) is 43.1 Å². The molecule has 102 valence electrons. The van der Waals surface area contributed by atoms with Crippen LogP contribution >= 0.6 is 11.8 Å². The minimum absolute atomic E-state index is 0.231. The smallest absolute Gasteiger partial charge is 0.132 e. The van der Waals surface area contributed by atoms with E-state index in [4.69, 9.17) is 4.74 Å². The van der Waals surface area contributed by atoms with Gasteiger partial charge in [0.15, 0.2) is 0 Å². The summed E-state index contributed by atoms with van der Waals surface area (Å²) >= 11 is 1.70. The van der Waals surface area contributed by atoms with E-state index in [1.165, 1.54) is 10.5 Å². The van der Waals surface area contributed by atoms with E-state index in [0.29, 0.717) is 0 Å². The van der Waals surface area contributed by atoms with Gasteiger partial charge in [0.1, 0.15) is 5.75 Å². The summed E-state index contributed by atoms with van der Waals surface area (Å²) in [6.07, 6.45) is 2.63. The second kappa shape index (κ2) is 7.67. The van der Waals surface area contributed by atoms with Gasteiger partial charge in [-0.25, -0.2) is 0 Å². The van der Waals surface area contributed by atoms with Crippen molar-refractivity contribution in [3.05, 3.63) is 23.8 Å². The first-order valence-corrected chi connectivity index (χ1v) is 7.36. The largest absolute Gasteiger partial charge is 0.496 e. The second-order valence-electron chi connectivity index (χ2n) is 4.56. The monoisotopic (exact) mass is 269 g/mol. The van der Waals surface area contributed by atoms with Crippen molar-refractivity contribution in [2.24, 2.45) is 0 Å². The van der Waals surface area contributed by atoms with Gasteiger partial charge in [0.25, 0.3) is 0 Å². The lowest BCUT2D eigenvalue weighted by Crippen LogP contribution is -2.22. The van der Waals surface area contributed by atoms with Crippen molar-refractivity contribution in [2.45, 2.75) is 30.9 Å². The second-order valence-corrected chi connectivity index (χ2v) is 5.41. The summed E-state index contributed by atoms with van der Waals surface area (Å²) in [5.74, 6) is 0.929. The highest BCUT2D eigenvalue weighted by molar-refractivity contribution is 7.98. The number of aliphatic hydroxyl groups excluding tert-OH is 1. The first-order chi connectivity index (χ1) is 8.56. The minimum Gasteiger partial charge on any atom is -0.496 e. The van der Waals surface area contributed by atoms with Crippen LogP contribution in [0.5, 0.6) is 5.75 Å². The van der Waals surface area contributed by atoms with Gasteiger partial charge in [0.05, 0.1) is 13.2 Å². The molecule has 1 unspecified atom stereocenters. The lowest BCUT2D eigenvalue weighted by atomic mass is 10.2. The fraction of sp³-hybridized carbons (Fsp3) is 0.571. The molecule has 0 heterocycles. The summed E-state index contributed by atoms with van der Waals surface area (Å²) in [4.78, 5) is 3.39. The van der Waals surface area contributed by atoms with Crippen LogP contribution in [0.15, 0.2) is 23.1 Å². The Morgan fingerprint density at radius 3 is 2.72 bits per heavy atom. The van der Waals surface area contributed by atoms with Gasteiger partial charge < -0.3 is 14.7 Å². The number of hydrogen-bond acceptors (Lipinski definition) is 4. The number of rotatable bonds is 7. The van der Waals surface area contributed by atoms with Crippen molar-refractivity contribution in [3.63, 3.8) is 0 Å². The number of thioether (sulfide) groups is 1. The fourth-order valence-corrected chi connectivity index (χ4v) is 2.40. The topological polar surface area (TPSA) is 32.7 Å². The molecule has 0 fully saturated rings. The molecule has 3 nitrogen and oxygen atoms in total. The Kier molecular flexibility index (Phi) is 6.54. The van der Waals surface area contributed by atoms with Crippen LogP contribution < -0.4 is 4.74 Å². The number of ether oxygens (including phenoxy) is 1. The lowest BCUT2D eigenvalue weighted by Gasteiger charge is -2.18. The van der Waals surface area contributed by atoms with Gasteiger partial charge in [-0.1, -0.05) is 6.07 Å². The number of benzene rings is 1. The van der Waals surface area contributed by atoms with E-state index < -0.39 is 0 Å². The summed E-state index contributed by atoms with van der Waals surface area (Å²) in [7, 11) is 3.77. The summed E-state index contributed by atoms with van der Waals surface area (Å²) in [6, 6.07) is 6.28. The van der Waals surface area contributed by atoms with Gasteiger partial charge in [-0.3, -0.25) is 0 Å². The predicted octanol–water partition coefficient (Wildman–Crippen LogP) is 2.62. The summed E-state index contributed by atoms with van der Waals surface area (Å²) in [5.41, 5.74) is 1.27. The molecule has 0 bridgehead atoms. The molecule has 1 aromatic rings. The van der Waals surface area contributed by atoms with Gasteiger partial charge in [-0.15, -0.1) is 11.8 Å². The molecule has 0 saturated heterocycles. The molecule has 0 aliphatic rings. The van der Waals surface area contributed by atoms with Crippen molar-refractivity contribution < 1.29 is 9.84 Å². The zero-order valence-corrected chi connectivity index (χ0v) is 12.5. The van der Waals surface area contributed by atoms with E-state index in [1.54, 1.807) is 18.9 Å². The van der Waals surface area contributed by atoms with Crippen molar-refractivity contribution in [3.8, 4) is 5.75 Å². The van der Waals surface area contributed by atoms with E-state index in [-0.39, 0.29) is 6.10 Å². The van der Waals surface area contributed by atoms with E-state index in [0.717, 1.165) is 25.3 Å².